The number of nitrogens with one attached hydrogen (secondary N) is 1. The summed E-state index contributed by atoms with van der Waals surface area (Å²) in [7, 11) is 0. The van der Waals surface area contributed by atoms with E-state index in [1.807, 2.05) is 0 Å². The molecule has 0 atom stereocenters. The van der Waals surface area contributed by atoms with E-state index in [0.717, 1.165) is 18.4 Å². The molecule has 0 radical (unpaired) electrons. The number of hydrogen-bond donors (Lipinski definition) is 4. The zero-order valence-corrected chi connectivity index (χ0v) is 13.5. The number of nitrogens with zero attached hydrogens (tertiary/aromatic N) is 1. The van der Waals surface area contributed by atoms with E-state index in [4.69, 9.17) is 5.11 Å². The third kappa shape index (κ3) is 3.39. The number of aromatic nitrogens is 1. The number of Topliss-reactive ketones (excluding diaryl/α,β-unsaturated/α-hetero) is 1. The van der Waals surface area contributed by atoms with Gasteiger partial charge in [-0.1, -0.05) is 12.1 Å². The van der Waals surface area contributed by atoms with E-state index >= 15 is 0 Å². The van der Waals surface area contributed by atoms with Crippen LogP contribution in [0.5, 0.6) is 5.75 Å². The first-order valence-electron chi connectivity index (χ1n) is 7.96. The molecule has 0 bridgehead atoms. The number of carbonyl (C=O) groups excluding carboxylic acids is 1. The molecule has 3 rings (SSSR count). The first-order valence-corrected chi connectivity index (χ1v) is 7.96. The first-order chi connectivity index (χ1) is 12.0. The van der Waals surface area contributed by atoms with E-state index in [1.165, 1.54) is 18.3 Å². The molecule has 1 heterocycles. The Bertz CT molecular complexity index is 788. The van der Waals surface area contributed by atoms with Crippen LogP contribution in [0.3, 0.4) is 0 Å². The fraction of sp³-hybridized carbons (Fsp3) is 0.333. The molecule has 2 aromatic rings. The van der Waals surface area contributed by atoms with Gasteiger partial charge in [0.1, 0.15) is 12.4 Å². The Hall–Kier alpha value is -2.35. The van der Waals surface area contributed by atoms with Crippen LogP contribution in [0, 0.1) is 5.82 Å². The number of aliphatic hydroxyl groups is 2. The molecule has 1 fully saturated rings. The molecule has 0 spiro atoms. The summed E-state index contributed by atoms with van der Waals surface area (Å²) in [5.74, 6) is -1.41. The number of aromatic hydroxyl groups is 1. The van der Waals surface area contributed by atoms with Gasteiger partial charge in [0.05, 0.1) is 6.61 Å². The maximum atomic E-state index is 13.1. The van der Waals surface area contributed by atoms with Crippen molar-refractivity contribution in [3.05, 3.63) is 58.7 Å². The van der Waals surface area contributed by atoms with Crippen molar-refractivity contribution in [1.82, 2.24) is 10.3 Å². The second-order valence-electron chi connectivity index (χ2n) is 6.14. The van der Waals surface area contributed by atoms with Crippen molar-refractivity contribution in [3.8, 4) is 5.75 Å². The number of hydrogen-bond acceptors (Lipinski definition) is 6. The summed E-state index contributed by atoms with van der Waals surface area (Å²) in [4.78, 5) is 15.5. The van der Waals surface area contributed by atoms with Crippen LogP contribution in [0.15, 0.2) is 30.5 Å². The third-order valence-electron chi connectivity index (χ3n) is 4.58. The van der Waals surface area contributed by atoms with Crippen LogP contribution >= 0.6 is 0 Å². The molecule has 1 aromatic heterocycles. The van der Waals surface area contributed by atoms with Gasteiger partial charge in [0, 0.05) is 23.8 Å². The molecule has 0 aliphatic heterocycles. The van der Waals surface area contributed by atoms with Gasteiger partial charge >= 0.3 is 0 Å². The van der Waals surface area contributed by atoms with E-state index in [0.29, 0.717) is 12.1 Å². The molecule has 7 heteroatoms. The van der Waals surface area contributed by atoms with Crippen LogP contribution in [-0.2, 0) is 18.7 Å². The largest absolute Gasteiger partial charge is 0.505 e. The monoisotopic (exact) mass is 346 g/mol. The summed E-state index contributed by atoms with van der Waals surface area (Å²) in [6.45, 7) is -0.904. The minimum atomic E-state index is -0.767. The second kappa shape index (κ2) is 6.87. The minimum Gasteiger partial charge on any atom is -0.505 e. The summed E-state index contributed by atoms with van der Waals surface area (Å²) < 4.78 is 13.1. The van der Waals surface area contributed by atoms with Crippen LogP contribution in [0.1, 0.15) is 40.0 Å². The number of benzene rings is 1. The summed E-state index contributed by atoms with van der Waals surface area (Å²) >= 11 is 0. The topological polar surface area (TPSA) is 103 Å². The second-order valence-corrected chi connectivity index (χ2v) is 6.14. The smallest absolute Gasteiger partial charge is 0.210 e. The minimum absolute atomic E-state index is 0.203. The van der Waals surface area contributed by atoms with Gasteiger partial charge in [-0.2, -0.15) is 0 Å². The predicted octanol–water partition coefficient (Wildman–Crippen LogP) is 1.37. The van der Waals surface area contributed by atoms with E-state index < -0.39 is 24.7 Å². The number of pyridine rings is 1. The summed E-state index contributed by atoms with van der Waals surface area (Å²) in [5, 5.41) is 32.0. The van der Waals surface area contributed by atoms with Crippen molar-refractivity contribution >= 4 is 5.78 Å². The summed E-state index contributed by atoms with van der Waals surface area (Å²) in [6, 6.07) is 6.31. The Balaban J connectivity index is 1.80. The van der Waals surface area contributed by atoms with Gasteiger partial charge in [-0.05, 0) is 36.1 Å². The van der Waals surface area contributed by atoms with E-state index in [-0.39, 0.29) is 22.6 Å². The third-order valence-corrected chi connectivity index (χ3v) is 4.58. The van der Waals surface area contributed by atoms with Crippen molar-refractivity contribution in [3.63, 3.8) is 0 Å². The quantitative estimate of drug-likeness (QED) is 0.565. The lowest BCUT2D eigenvalue weighted by molar-refractivity contribution is 0.0895. The van der Waals surface area contributed by atoms with Crippen molar-refractivity contribution in [2.75, 3.05) is 6.61 Å². The summed E-state index contributed by atoms with van der Waals surface area (Å²) in [5.41, 5.74) is 1.23. The number of carbonyl (C=O) groups is 1. The van der Waals surface area contributed by atoms with Gasteiger partial charge < -0.3 is 20.6 Å². The number of aliphatic hydroxyl groups excluding tert-OH is 2. The average molecular weight is 346 g/mol. The number of ketones is 1. The maximum Gasteiger partial charge on any atom is 0.210 e. The van der Waals surface area contributed by atoms with Gasteiger partial charge in [-0.25, -0.2) is 9.37 Å². The molecule has 1 saturated carbocycles. The van der Waals surface area contributed by atoms with E-state index in [9.17, 15) is 19.4 Å². The van der Waals surface area contributed by atoms with Crippen molar-refractivity contribution in [1.29, 1.82) is 0 Å². The normalized spacial score (nSPS) is 15.2. The molecule has 0 unspecified atom stereocenters. The molecule has 1 aliphatic rings. The van der Waals surface area contributed by atoms with Gasteiger partial charge in [-0.15, -0.1) is 0 Å². The highest BCUT2D eigenvalue weighted by Gasteiger charge is 2.43. The van der Waals surface area contributed by atoms with Crippen molar-refractivity contribution in [2.24, 2.45) is 0 Å². The van der Waals surface area contributed by atoms with Crippen LogP contribution in [0.25, 0.3) is 0 Å². The Morgan fingerprint density at radius 3 is 2.48 bits per heavy atom. The highest BCUT2D eigenvalue weighted by atomic mass is 19.1. The Labute approximate surface area is 144 Å². The average Bonchev–Trinajstić information content (AvgIpc) is 3.41. The van der Waals surface area contributed by atoms with E-state index in [1.54, 1.807) is 12.1 Å². The lowest BCUT2D eigenvalue weighted by Gasteiger charge is -2.19. The highest BCUT2D eigenvalue weighted by Crippen LogP contribution is 2.45. The molecule has 0 saturated heterocycles. The van der Waals surface area contributed by atoms with Crippen LogP contribution in [0.2, 0.25) is 0 Å². The van der Waals surface area contributed by atoms with Crippen LogP contribution < -0.4 is 5.32 Å². The van der Waals surface area contributed by atoms with Gasteiger partial charge in [0.25, 0.3) is 0 Å². The molecule has 25 heavy (non-hydrogen) atoms. The number of halogens is 1. The molecular formula is C18H19FN2O4. The maximum absolute atomic E-state index is 13.1. The number of rotatable bonds is 7. The van der Waals surface area contributed by atoms with Gasteiger partial charge in [-0.3, -0.25) is 4.79 Å². The molecule has 132 valence electrons. The molecule has 1 aromatic carbocycles. The van der Waals surface area contributed by atoms with E-state index in [2.05, 4.69) is 10.3 Å². The Morgan fingerprint density at radius 1 is 1.24 bits per heavy atom. The SMILES string of the molecule is O=C(CO)c1ncc(CNC2(c3ccc(F)cc3)CC2)c(CO)c1O. The molecule has 1 aliphatic carbocycles. The molecular weight excluding hydrogens is 327 g/mol. The zero-order chi connectivity index (χ0) is 18.0. The van der Waals surface area contributed by atoms with Crippen molar-refractivity contribution < 1.29 is 24.5 Å². The van der Waals surface area contributed by atoms with Crippen LogP contribution in [-0.4, -0.2) is 32.7 Å². The van der Waals surface area contributed by atoms with Gasteiger partial charge in [0.2, 0.25) is 5.78 Å². The zero-order valence-electron chi connectivity index (χ0n) is 13.5. The fourth-order valence-corrected chi connectivity index (χ4v) is 2.91. The van der Waals surface area contributed by atoms with Gasteiger partial charge in [0.15, 0.2) is 11.4 Å². The fourth-order valence-electron chi connectivity index (χ4n) is 2.91. The lowest BCUT2D eigenvalue weighted by Crippen LogP contribution is -2.29. The Morgan fingerprint density at radius 2 is 1.92 bits per heavy atom. The Kier molecular flexibility index (Phi) is 4.80. The van der Waals surface area contributed by atoms with Crippen molar-refractivity contribution in [2.45, 2.75) is 31.5 Å². The summed E-state index contributed by atoms with van der Waals surface area (Å²) in [6.07, 6.45) is 3.20. The first kappa shape index (κ1) is 17.5. The molecule has 6 nitrogen and oxygen atoms in total. The standard InChI is InChI=1S/C18H19FN2O4/c19-13-3-1-12(2-4-13)18(5-6-18)21-8-11-7-20-16(15(24)10-23)17(25)14(11)9-22/h1-4,7,21-23,25H,5-6,8-10H2. The molecule has 0 amide bonds. The molecule has 4 N–H and O–H groups in total. The lowest BCUT2D eigenvalue weighted by atomic mass is 10.0. The highest BCUT2D eigenvalue weighted by molar-refractivity contribution is 5.97. The van der Waals surface area contributed by atoms with Crippen LogP contribution in [0.4, 0.5) is 4.39 Å². The predicted molar refractivity (Wildman–Crippen MR) is 87.4 cm³/mol.